The lowest BCUT2D eigenvalue weighted by Gasteiger charge is -2.35. The number of benzene rings is 2. The minimum Gasteiger partial charge on any atom is -0.354 e. The van der Waals surface area contributed by atoms with Crippen LogP contribution in [-0.4, -0.2) is 42.6 Å². The van der Waals surface area contributed by atoms with Gasteiger partial charge < -0.3 is 4.90 Å². The van der Waals surface area contributed by atoms with Gasteiger partial charge >= 0.3 is 0 Å². The molecule has 0 atom stereocenters. The van der Waals surface area contributed by atoms with Crippen LogP contribution in [0.4, 0.5) is 5.82 Å². The smallest absolute Gasteiger partial charge is 0.129 e. The summed E-state index contributed by atoms with van der Waals surface area (Å²) < 4.78 is 1.16. The summed E-state index contributed by atoms with van der Waals surface area (Å²) >= 11 is 3.55. The van der Waals surface area contributed by atoms with Crippen LogP contribution >= 0.6 is 15.9 Å². The molecule has 0 saturated carbocycles. The molecule has 1 aliphatic heterocycles. The second kappa shape index (κ2) is 7.54. The maximum Gasteiger partial charge on any atom is 0.129 e. The number of rotatable bonds is 4. The predicted molar refractivity (Wildman–Crippen MR) is 108 cm³/mol. The molecule has 1 saturated heterocycles. The molecule has 0 unspecified atom stereocenters. The van der Waals surface area contributed by atoms with Crippen LogP contribution in [0.25, 0.3) is 10.9 Å². The second-order valence-electron chi connectivity index (χ2n) is 6.57. The number of pyridine rings is 1. The predicted octanol–water partition coefficient (Wildman–Crippen LogP) is 4.36. The molecule has 4 heteroatoms. The van der Waals surface area contributed by atoms with E-state index in [1.54, 1.807) is 0 Å². The molecule has 25 heavy (non-hydrogen) atoms. The molecule has 1 fully saturated rings. The van der Waals surface area contributed by atoms with Gasteiger partial charge in [-0.3, -0.25) is 4.90 Å². The molecule has 1 aliphatic rings. The van der Waals surface area contributed by atoms with Crippen LogP contribution in [-0.2, 0) is 6.42 Å². The first-order valence-electron chi connectivity index (χ1n) is 8.85. The third-order valence-corrected chi connectivity index (χ3v) is 5.38. The Bertz CT molecular complexity index is 856. The zero-order valence-corrected chi connectivity index (χ0v) is 15.8. The number of hydrogen-bond donors (Lipinski definition) is 0. The van der Waals surface area contributed by atoms with E-state index in [2.05, 4.69) is 86.4 Å². The van der Waals surface area contributed by atoms with Crippen molar-refractivity contribution >= 4 is 32.7 Å². The maximum absolute atomic E-state index is 4.83. The minimum atomic E-state index is 1.05. The Balaban J connectivity index is 1.34. The number of hydrogen-bond acceptors (Lipinski definition) is 3. The average molecular weight is 396 g/mol. The molecule has 0 spiro atoms. The summed E-state index contributed by atoms with van der Waals surface area (Å²) in [6.07, 6.45) is 1.10. The van der Waals surface area contributed by atoms with Crippen molar-refractivity contribution < 1.29 is 0 Å². The van der Waals surface area contributed by atoms with Gasteiger partial charge in [0, 0.05) is 42.6 Å². The number of para-hydroxylation sites is 1. The van der Waals surface area contributed by atoms with E-state index in [1.165, 1.54) is 10.9 Å². The van der Waals surface area contributed by atoms with Gasteiger partial charge in [-0.25, -0.2) is 4.98 Å². The van der Waals surface area contributed by atoms with Crippen molar-refractivity contribution in [1.29, 1.82) is 0 Å². The molecule has 4 rings (SSSR count). The molecule has 0 aliphatic carbocycles. The molecule has 3 nitrogen and oxygen atoms in total. The van der Waals surface area contributed by atoms with Crippen molar-refractivity contribution in [3.63, 3.8) is 0 Å². The van der Waals surface area contributed by atoms with Crippen LogP contribution in [0.15, 0.2) is 65.1 Å². The average Bonchev–Trinajstić information content (AvgIpc) is 2.66. The van der Waals surface area contributed by atoms with Crippen molar-refractivity contribution in [3.8, 4) is 0 Å². The van der Waals surface area contributed by atoms with E-state index in [9.17, 15) is 0 Å². The fourth-order valence-corrected chi connectivity index (χ4v) is 3.86. The first-order chi connectivity index (χ1) is 12.3. The van der Waals surface area contributed by atoms with Gasteiger partial charge in [-0.2, -0.15) is 0 Å². The Morgan fingerprint density at radius 3 is 2.56 bits per heavy atom. The summed E-state index contributed by atoms with van der Waals surface area (Å²) in [5, 5.41) is 1.21. The van der Waals surface area contributed by atoms with E-state index in [0.29, 0.717) is 0 Å². The first kappa shape index (κ1) is 16.6. The zero-order chi connectivity index (χ0) is 17.1. The molecule has 0 amide bonds. The number of nitrogens with zero attached hydrogens (tertiary/aromatic N) is 3. The molecule has 2 aromatic carbocycles. The van der Waals surface area contributed by atoms with Crippen molar-refractivity contribution in [2.75, 3.05) is 37.6 Å². The third kappa shape index (κ3) is 4.02. The van der Waals surface area contributed by atoms with Crippen LogP contribution in [0.2, 0.25) is 0 Å². The Kier molecular flexibility index (Phi) is 4.99. The van der Waals surface area contributed by atoms with Gasteiger partial charge in [0.1, 0.15) is 5.82 Å². The number of aromatic nitrogens is 1. The van der Waals surface area contributed by atoms with Gasteiger partial charge in [0.25, 0.3) is 0 Å². The topological polar surface area (TPSA) is 19.4 Å². The molecular weight excluding hydrogens is 374 g/mol. The molecule has 128 valence electrons. The summed E-state index contributed by atoms with van der Waals surface area (Å²) in [6.45, 7) is 5.41. The van der Waals surface area contributed by atoms with E-state index >= 15 is 0 Å². The maximum atomic E-state index is 4.83. The van der Waals surface area contributed by atoms with Crippen LogP contribution in [0.1, 0.15) is 5.56 Å². The highest BCUT2D eigenvalue weighted by Gasteiger charge is 2.18. The van der Waals surface area contributed by atoms with Crippen LogP contribution < -0.4 is 4.90 Å². The fraction of sp³-hybridized carbons (Fsp3) is 0.286. The Labute approximate surface area is 157 Å². The van der Waals surface area contributed by atoms with E-state index in [4.69, 9.17) is 4.98 Å². The molecule has 0 N–H and O–H groups in total. The summed E-state index contributed by atoms with van der Waals surface area (Å²) in [4.78, 5) is 9.79. The molecule has 3 aromatic rings. The number of halogens is 1. The molecule has 1 aromatic heterocycles. The van der Waals surface area contributed by atoms with Crippen LogP contribution in [0.3, 0.4) is 0 Å². The number of fused-ring (bicyclic) bond motifs is 1. The van der Waals surface area contributed by atoms with E-state index in [1.807, 2.05) is 0 Å². The van der Waals surface area contributed by atoms with Gasteiger partial charge in [0.2, 0.25) is 0 Å². The van der Waals surface area contributed by atoms with Gasteiger partial charge in [-0.15, -0.1) is 0 Å². The normalized spacial score (nSPS) is 15.6. The summed E-state index contributed by atoms with van der Waals surface area (Å²) in [6, 6.07) is 21.3. The summed E-state index contributed by atoms with van der Waals surface area (Å²) in [5.41, 5.74) is 2.48. The standard InChI is InChI=1S/C21H22BrN3/c22-19-6-3-4-17(16-19)10-11-24-12-14-25(15-13-24)21-9-8-18-5-1-2-7-20(18)23-21/h1-9,16H,10-15H2. The van der Waals surface area contributed by atoms with Gasteiger partial charge in [-0.1, -0.05) is 46.3 Å². The molecule has 0 bridgehead atoms. The number of anilines is 1. The second-order valence-corrected chi connectivity index (χ2v) is 7.49. The Morgan fingerprint density at radius 2 is 1.72 bits per heavy atom. The minimum absolute atomic E-state index is 1.05. The summed E-state index contributed by atoms with van der Waals surface area (Å²) in [7, 11) is 0. The Hall–Kier alpha value is -1.91. The lowest BCUT2D eigenvalue weighted by molar-refractivity contribution is 0.260. The van der Waals surface area contributed by atoms with Gasteiger partial charge in [0.05, 0.1) is 5.52 Å². The fourth-order valence-electron chi connectivity index (χ4n) is 3.41. The lowest BCUT2D eigenvalue weighted by atomic mass is 10.1. The molecule has 0 radical (unpaired) electrons. The lowest BCUT2D eigenvalue weighted by Crippen LogP contribution is -2.47. The van der Waals surface area contributed by atoms with Crippen molar-refractivity contribution in [1.82, 2.24) is 9.88 Å². The van der Waals surface area contributed by atoms with Gasteiger partial charge in [-0.05, 0) is 42.3 Å². The summed E-state index contributed by atoms with van der Waals surface area (Å²) in [5.74, 6) is 1.10. The first-order valence-corrected chi connectivity index (χ1v) is 9.65. The highest BCUT2D eigenvalue weighted by Crippen LogP contribution is 2.19. The van der Waals surface area contributed by atoms with Crippen molar-refractivity contribution in [2.24, 2.45) is 0 Å². The van der Waals surface area contributed by atoms with E-state index in [0.717, 1.165) is 55.0 Å². The van der Waals surface area contributed by atoms with Crippen LogP contribution in [0, 0.1) is 0 Å². The van der Waals surface area contributed by atoms with E-state index < -0.39 is 0 Å². The number of piperazine rings is 1. The van der Waals surface area contributed by atoms with Crippen molar-refractivity contribution in [2.45, 2.75) is 6.42 Å². The Morgan fingerprint density at radius 1 is 0.880 bits per heavy atom. The zero-order valence-electron chi connectivity index (χ0n) is 14.2. The quantitative estimate of drug-likeness (QED) is 0.653. The van der Waals surface area contributed by atoms with Gasteiger partial charge in [0.15, 0.2) is 0 Å². The SMILES string of the molecule is Brc1cccc(CCN2CCN(c3ccc4ccccc4n3)CC2)c1. The van der Waals surface area contributed by atoms with Crippen molar-refractivity contribution in [3.05, 3.63) is 70.7 Å². The molecule has 2 heterocycles. The largest absolute Gasteiger partial charge is 0.354 e. The third-order valence-electron chi connectivity index (χ3n) is 4.89. The monoisotopic (exact) mass is 395 g/mol. The van der Waals surface area contributed by atoms with Crippen LogP contribution in [0.5, 0.6) is 0 Å². The highest BCUT2D eigenvalue weighted by atomic mass is 79.9. The molecular formula is C21H22BrN3. The highest BCUT2D eigenvalue weighted by molar-refractivity contribution is 9.10. The van der Waals surface area contributed by atoms with E-state index in [-0.39, 0.29) is 0 Å².